The molecule has 0 amide bonds. The van der Waals surface area contributed by atoms with Gasteiger partial charge >= 0.3 is 0 Å². The second-order valence-corrected chi connectivity index (χ2v) is 3.00. The zero-order chi connectivity index (χ0) is 10.4. The number of hydrogen-bond donors (Lipinski definition) is 1. The summed E-state index contributed by atoms with van der Waals surface area (Å²) < 4.78 is 0. The molecule has 0 saturated carbocycles. The number of anilines is 1. The van der Waals surface area contributed by atoms with E-state index in [2.05, 4.69) is 16.2 Å². The summed E-state index contributed by atoms with van der Waals surface area (Å²) in [6.07, 6.45) is 7.44. The minimum Gasteiger partial charge on any atom is -0.382 e. The summed E-state index contributed by atoms with van der Waals surface area (Å²) in [7, 11) is 0. The predicted molar refractivity (Wildman–Crippen MR) is 55.5 cm³/mol. The molecule has 0 saturated heterocycles. The smallest absolute Gasteiger partial charge is 0.142 e. The van der Waals surface area contributed by atoms with Crippen LogP contribution in [0, 0.1) is 23.7 Å². The maximum atomic E-state index is 8.63. The maximum Gasteiger partial charge on any atom is 0.142 e. The minimum absolute atomic E-state index is 0.203. The highest BCUT2D eigenvalue weighted by atomic mass is 14.9. The molecule has 3 heteroatoms. The van der Waals surface area contributed by atoms with Gasteiger partial charge in [0.1, 0.15) is 11.8 Å². The van der Waals surface area contributed by atoms with Crippen LogP contribution in [0.4, 0.5) is 5.69 Å². The standard InChI is InChI=1S/C11H11N3/c1-3-4-9(2)14-10-5-6-13-11(7-10)8-12/h1,5-7,9H,4H2,2H3,(H,13,14). The molecule has 0 aromatic carbocycles. The van der Waals surface area contributed by atoms with E-state index in [1.165, 1.54) is 0 Å². The molecule has 1 aromatic rings. The van der Waals surface area contributed by atoms with Crippen molar-refractivity contribution in [1.29, 1.82) is 5.26 Å². The molecule has 1 N–H and O–H groups in total. The van der Waals surface area contributed by atoms with Crippen LogP contribution in [-0.4, -0.2) is 11.0 Å². The number of rotatable bonds is 3. The van der Waals surface area contributed by atoms with E-state index in [4.69, 9.17) is 11.7 Å². The Morgan fingerprint density at radius 1 is 1.71 bits per heavy atom. The quantitative estimate of drug-likeness (QED) is 0.730. The summed E-state index contributed by atoms with van der Waals surface area (Å²) in [6, 6.07) is 5.70. The number of nitrogens with one attached hydrogen (secondary N) is 1. The highest BCUT2D eigenvalue weighted by molar-refractivity contribution is 5.46. The molecule has 0 radical (unpaired) electrons. The zero-order valence-corrected chi connectivity index (χ0v) is 7.99. The van der Waals surface area contributed by atoms with Crippen LogP contribution < -0.4 is 5.32 Å². The highest BCUT2D eigenvalue weighted by Gasteiger charge is 2.00. The fourth-order valence-electron chi connectivity index (χ4n) is 1.09. The average Bonchev–Trinajstić information content (AvgIpc) is 2.18. The van der Waals surface area contributed by atoms with Gasteiger partial charge in [-0.15, -0.1) is 12.3 Å². The Bertz CT molecular complexity index is 384. The van der Waals surface area contributed by atoms with Crippen molar-refractivity contribution in [2.24, 2.45) is 0 Å². The van der Waals surface area contributed by atoms with Crippen molar-refractivity contribution in [2.45, 2.75) is 19.4 Å². The fraction of sp³-hybridized carbons (Fsp3) is 0.273. The first-order valence-corrected chi connectivity index (χ1v) is 4.32. The van der Waals surface area contributed by atoms with Gasteiger partial charge in [-0.05, 0) is 19.1 Å². The largest absolute Gasteiger partial charge is 0.382 e. The van der Waals surface area contributed by atoms with Gasteiger partial charge in [0.05, 0.1) is 0 Å². The molecule has 1 rings (SSSR count). The van der Waals surface area contributed by atoms with Gasteiger partial charge in [0.15, 0.2) is 0 Å². The summed E-state index contributed by atoms with van der Waals surface area (Å²) >= 11 is 0. The first-order chi connectivity index (χ1) is 6.76. The molecule has 14 heavy (non-hydrogen) atoms. The normalized spacial score (nSPS) is 11.1. The van der Waals surface area contributed by atoms with Gasteiger partial charge in [0.2, 0.25) is 0 Å². The first-order valence-electron chi connectivity index (χ1n) is 4.32. The Hall–Kier alpha value is -2.00. The second-order valence-electron chi connectivity index (χ2n) is 3.00. The summed E-state index contributed by atoms with van der Waals surface area (Å²) in [5.41, 5.74) is 1.28. The van der Waals surface area contributed by atoms with Gasteiger partial charge in [-0.25, -0.2) is 4.98 Å². The lowest BCUT2D eigenvalue weighted by Crippen LogP contribution is -2.14. The lowest BCUT2D eigenvalue weighted by atomic mass is 10.2. The van der Waals surface area contributed by atoms with Crippen LogP contribution in [0.5, 0.6) is 0 Å². The van der Waals surface area contributed by atoms with Crippen LogP contribution in [0.25, 0.3) is 0 Å². The third kappa shape index (κ3) is 2.80. The average molecular weight is 185 g/mol. The van der Waals surface area contributed by atoms with Crippen LogP contribution in [0.1, 0.15) is 19.0 Å². The van der Waals surface area contributed by atoms with E-state index < -0.39 is 0 Å². The number of terminal acetylenes is 1. The summed E-state index contributed by atoms with van der Waals surface area (Å²) in [5, 5.41) is 11.8. The number of nitriles is 1. The third-order valence-electron chi connectivity index (χ3n) is 1.71. The van der Waals surface area contributed by atoms with Crippen molar-refractivity contribution in [1.82, 2.24) is 4.98 Å². The molecule has 0 aliphatic carbocycles. The molecule has 0 bridgehead atoms. The number of pyridine rings is 1. The molecule has 0 aliphatic rings. The maximum absolute atomic E-state index is 8.63. The van der Waals surface area contributed by atoms with Crippen molar-refractivity contribution in [3.63, 3.8) is 0 Å². The van der Waals surface area contributed by atoms with E-state index >= 15 is 0 Å². The first kappa shape index (κ1) is 10.1. The molecule has 0 spiro atoms. The second kappa shape index (κ2) is 4.89. The number of aromatic nitrogens is 1. The number of nitrogens with zero attached hydrogens (tertiary/aromatic N) is 2. The van der Waals surface area contributed by atoms with E-state index in [-0.39, 0.29) is 6.04 Å². The Balaban J connectivity index is 2.69. The topological polar surface area (TPSA) is 48.7 Å². The molecule has 1 heterocycles. The Morgan fingerprint density at radius 2 is 2.50 bits per heavy atom. The van der Waals surface area contributed by atoms with Gasteiger partial charge in [0.25, 0.3) is 0 Å². The van der Waals surface area contributed by atoms with Crippen LogP contribution in [-0.2, 0) is 0 Å². The molecule has 70 valence electrons. The Kier molecular flexibility index (Phi) is 3.52. The molecule has 3 nitrogen and oxygen atoms in total. The molecular formula is C11H11N3. The fourth-order valence-corrected chi connectivity index (χ4v) is 1.09. The van der Waals surface area contributed by atoms with E-state index in [1.54, 1.807) is 12.3 Å². The van der Waals surface area contributed by atoms with Gasteiger partial charge < -0.3 is 5.32 Å². The predicted octanol–water partition coefficient (Wildman–Crippen LogP) is 1.78. The van der Waals surface area contributed by atoms with Crippen LogP contribution >= 0.6 is 0 Å². The Labute approximate surface area is 83.8 Å². The van der Waals surface area contributed by atoms with Crippen molar-refractivity contribution in [3.05, 3.63) is 24.0 Å². The lowest BCUT2D eigenvalue weighted by Gasteiger charge is -2.11. The van der Waals surface area contributed by atoms with Crippen LogP contribution in [0.2, 0.25) is 0 Å². The van der Waals surface area contributed by atoms with Crippen molar-refractivity contribution in [2.75, 3.05) is 5.32 Å². The van der Waals surface area contributed by atoms with Crippen LogP contribution in [0.3, 0.4) is 0 Å². The van der Waals surface area contributed by atoms with E-state index in [9.17, 15) is 0 Å². The van der Waals surface area contributed by atoms with E-state index in [0.29, 0.717) is 12.1 Å². The van der Waals surface area contributed by atoms with Crippen LogP contribution in [0.15, 0.2) is 18.3 Å². The molecule has 1 atom stereocenters. The third-order valence-corrected chi connectivity index (χ3v) is 1.71. The molecule has 0 fully saturated rings. The summed E-state index contributed by atoms with van der Waals surface area (Å²) in [5.74, 6) is 2.57. The van der Waals surface area contributed by atoms with Crippen molar-refractivity contribution >= 4 is 5.69 Å². The van der Waals surface area contributed by atoms with Crippen molar-refractivity contribution < 1.29 is 0 Å². The summed E-state index contributed by atoms with van der Waals surface area (Å²) in [4.78, 5) is 3.87. The molecule has 1 aromatic heterocycles. The van der Waals surface area contributed by atoms with E-state index in [1.807, 2.05) is 19.1 Å². The minimum atomic E-state index is 0.203. The number of hydrogen-bond acceptors (Lipinski definition) is 3. The lowest BCUT2D eigenvalue weighted by molar-refractivity contribution is 0.828. The van der Waals surface area contributed by atoms with Gasteiger partial charge in [-0.3, -0.25) is 0 Å². The van der Waals surface area contributed by atoms with Gasteiger partial charge in [-0.1, -0.05) is 0 Å². The zero-order valence-electron chi connectivity index (χ0n) is 7.99. The van der Waals surface area contributed by atoms with Gasteiger partial charge in [0, 0.05) is 24.3 Å². The SMILES string of the molecule is C#CCC(C)Nc1ccnc(C#N)c1. The molecule has 1 unspecified atom stereocenters. The van der Waals surface area contributed by atoms with Gasteiger partial charge in [-0.2, -0.15) is 5.26 Å². The summed E-state index contributed by atoms with van der Waals surface area (Å²) in [6.45, 7) is 1.99. The molecule has 0 aliphatic heterocycles. The Morgan fingerprint density at radius 3 is 3.14 bits per heavy atom. The van der Waals surface area contributed by atoms with E-state index in [0.717, 1.165) is 5.69 Å². The molecular weight excluding hydrogens is 174 g/mol. The highest BCUT2D eigenvalue weighted by Crippen LogP contribution is 2.09. The van der Waals surface area contributed by atoms with Crippen molar-refractivity contribution in [3.8, 4) is 18.4 Å². The monoisotopic (exact) mass is 185 g/mol.